The molecule has 2 amide bonds. The lowest BCUT2D eigenvalue weighted by molar-refractivity contribution is -0.141. The summed E-state index contributed by atoms with van der Waals surface area (Å²) in [6.45, 7) is 2.86. The van der Waals surface area contributed by atoms with Crippen molar-refractivity contribution < 1.29 is 9.59 Å². The van der Waals surface area contributed by atoms with Gasteiger partial charge >= 0.3 is 0 Å². The molecule has 3 aromatic rings. The van der Waals surface area contributed by atoms with Crippen LogP contribution < -0.4 is 5.32 Å². The number of hydrogen-bond acceptors (Lipinski definition) is 2. The SMILES string of the molecule is CCCC(=O)N(Cc1ccc(Cl)cc1)C(Cc1ccccc1)C(=O)NCCc1ccccc1. The largest absolute Gasteiger partial charge is 0.354 e. The molecule has 1 N–H and O–H groups in total. The smallest absolute Gasteiger partial charge is 0.243 e. The summed E-state index contributed by atoms with van der Waals surface area (Å²) in [5.41, 5.74) is 3.13. The molecule has 1 atom stereocenters. The molecule has 33 heavy (non-hydrogen) atoms. The maximum atomic E-state index is 13.4. The molecule has 0 aliphatic rings. The number of benzene rings is 3. The van der Waals surface area contributed by atoms with Gasteiger partial charge in [-0.15, -0.1) is 0 Å². The van der Waals surface area contributed by atoms with Crippen molar-refractivity contribution in [3.8, 4) is 0 Å². The van der Waals surface area contributed by atoms with Crippen LogP contribution in [0.25, 0.3) is 0 Å². The van der Waals surface area contributed by atoms with E-state index in [1.54, 1.807) is 4.90 Å². The van der Waals surface area contributed by atoms with E-state index in [0.29, 0.717) is 31.0 Å². The fraction of sp³-hybridized carbons (Fsp3) is 0.286. The highest BCUT2D eigenvalue weighted by molar-refractivity contribution is 6.30. The van der Waals surface area contributed by atoms with E-state index in [1.165, 1.54) is 0 Å². The van der Waals surface area contributed by atoms with Crippen molar-refractivity contribution in [1.29, 1.82) is 0 Å². The van der Waals surface area contributed by atoms with Crippen LogP contribution in [0.4, 0.5) is 0 Å². The van der Waals surface area contributed by atoms with E-state index in [9.17, 15) is 9.59 Å². The summed E-state index contributed by atoms with van der Waals surface area (Å²) >= 11 is 6.04. The van der Waals surface area contributed by atoms with Crippen LogP contribution in [-0.2, 0) is 29.0 Å². The molecule has 0 saturated heterocycles. The molecule has 1 unspecified atom stereocenters. The lowest BCUT2D eigenvalue weighted by Gasteiger charge is -2.31. The van der Waals surface area contributed by atoms with Gasteiger partial charge in [0.2, 0.25) is 11.8 Å². The van der Waals surface area contributed by atoms with Crippen molar-refractivity contribution in [2.24, 2.45) is 0 Å². The highest BCUT2D eigenvalue weighted by Crippen LogP contribution is 2.18. The molecule has 0 saturated carbocycles. The fourth-order valence-corrected chi connectivity index (χ4v) is 3.92. The minimum Gasteiger partial charge on any atom is -0.354 e. The first-order valence-electron chi connectivity index (χ1n) is 11.5. The molecule has 0 heterocycles. The normalized spacial score (nSPS) is 11.6. The van der Waals surface area contributed by atoms with E-state index >= 15 is 0 Å². The predicted octanol–water partition coefficient (Wildman–Crippen LogP) is 5.44. The third kappa shape index (κ3) is 7.76. The van der Waals surface area contributed by atoms with Crippen LogP contribution in [0.3, 0.4) is 0 Å². The van der Waals surface area contributed by atoms with Gasteiger partial charge in [-0.2, -0.15) is 0 Å². The summed E-state index contributed by atoms with van der Waals surface area (Å²) in [6, 6.07) is 26.7. The molecule has 0 aliphatic carbocycles. The summed E-state index contributed by atoms with van der Waals surface area (Å²) in [5.74, 6) is -0.153. The summed E-state index contributed by atoms with van der Waals surface area (Å²) < 4.78 is 0. The Morgan fingerprint density at radius 2 is 1.45 bits per heavy atom. The number of carbonyl (C=O) groups is 2. The maximum absolute atomic E-state index is 13.4. The topological polar surface area (TPSA) is 49.4 Å². The van der Waals surface area contributed by atoms with Crippen LogP contribution in [0.2, 0.25) is 5.02 Å². The number of carbonyl (C=O) groups excluding carboxylic acids is 2. The summed E-state index contributed by atoms with van der Waals surface area (Å²) in [5, 5.41) is 3.71. The molecule has 3 rings (SSSR count). The van der Waals surface area contributed by atoms with Crippen molar-refractivity contribution in [1.82, 2.24) is 10.2 Å². The van der Waals surface area contributed by atoms with Crippen LogP contribution in [0, 0.1) is 0 Å². The number of nitrogens with zero attached hydrogens (tertiary/aromatic N) is 1. The van der Waals surface area contributed by atoms with Crippen molar-refractivity contribution in [2.75, 3.05) is 6.54 Å². The minimum absolute atomic E-state index is 0.0217. The van der Waals surface area contributed by atoms with Crippen molar-refractivity contribution >= 4 is 23.4 Å². The first-order valence-corrected chi connectivity index (χ1v) is 11.8. The van der Waals surface area contributed by atoms with Gasteiger partial charge in [-0.05, 0) is 41.7 Å². The Balaban J connectivity index is 1.81. The number of halogens is 1. The van der Waals surface area contributed by atoms with Gasteiger partial charge in [-0.1, -0.05) is 91.3 Å². The highest BCUT2D eigenvalue weighted by Gasteiger charge is 2.29. The van der Waals surface area contributed by atoms with E-state index < -0.39 is 6.04 Å². The van der Waals surface area contributed by atoms with Crippen LogP contribution in [-0.4, -0.2) is 29.3 Å². The fourth-order valence-electron chi connectivity index (χ4n) is 3.79. The van der Waals surface area contributed by atoms with Crippen LogP contribution in [0.5, 0.6) is 0 Å². The van der Waals surface area contributed by atoms with E-state index in [1.807, 2.05) is 91.9 Å². The Labute approximate surface area is 201 Å². The first-order chi connectivity index (χ1) is 16.1. The van der Waals surface area contributed by atoms with Gasteiger partial charge in [0.1, 0.15) is 6.04 Å². The Bertz CT molecular complexity index is 1010. The molecule has 0 bridgehead atoms. The van der Waals surface area contributed by atoms with Crippen LogP contribution in [0.1, 0.15) is 36.5 Å². The Kier molecular flexibility index (Phi) is 9.52. The molecule has 172 valence electrons. The third-order valence-electron chi connectivity index (χ3n) is 5.56. The summed E-state index contributed by atoms with van der Waals surface area (Å²) in [4.78, 5) is 28.3. The van der Waals surface area contributed by atoms with E-state index in [0.717, 1.165) is 29.5 Å². The molecule has 3 aromatic carbocycles. The van der Waals surface area contributed by atoms with Gasteiger partial charge < -0.3 is 10.2 Å². The standard InChI is InChI=1S/C28H31ClN2O2/c1-2-9-27(32)31(21-24-14-16-25(29)17-15-24)26(20-23-12-7-4-8-13-23)28(33)30-19-18-22-10-5-3-6-11-22/h3-8,10-17,26H,2,9,18-21H2,1H3,(H,30,33). The number of rotatable bonds is 11. The summed E-state index contributed by atoms with van der Waals surface area (Å²) in [6.07, 6.45) is 2.32. The first kappa shape index (κ1) is 24.5. The van der Waals surface area contributed by atoms with E-state index in [-0.39, 0.29) is 11.8 Å². The predicted molar refractivity (Wildman–Crippen MR) is 134 cm³/mol. The molecular weight excluding hydrogens is 432 g/mol. The van der Waals surface area contributed by atoms with Gasteiger partial charge in [0.25, 0.3) is 0 Å². The molecule has 0 aromatic heterocycles. The van der Waals surface area contributed by atoms with Crippen molar-refractivity contribution in [2.45, 2.75) is 45.2 Å². The zero-order valence-electron chi connectivity index (χ0n) is 19.0. The van der Waals surface area contributed by atoms with Crippen molar-refractivity contribution in [3.05, 3.63) is 107 Å². The summed E-state index contributed by atoms with van der Waals surface area (Å²) in [7, 11) is 0. The molecule has 5 heteroatoms. The lowest BCUT2D eigenvalue weighted by Crippen LogP contribution is -2.50. The molecule has 0 spiro atoms. The average molecular weight is 463 g/mol. The van der Waals surface area contributed by atoms with Gasteiger partial charge in [-0.25, -0.2) is 0 Å². The minimum atomic E-state index is -0.599. The molecule has 0 radical (unpaired) electrons. The zero-order valence-corrected chi connectivity index (χ0v) is 19.8. The number of nitrogens with one attached hydrogen (secondary N) is 1. The lowest BCUT2D eigenvalue weighted by atomic mass is 10.0. The zero-order chi connectivity index (χ0) is 23.5. The Morgan fingerprint density at radius 3 is 2.06 bits per heavy atom. The number of amides is 2. The van der Waals surface area contributed by atoms with Gasteiger partial charge in [-0.3, -0.25) is 9.59 Å². The van der Waals surface area contributed by atoms with Crippen LogP contribution in [0.15, 0.2) is 84.9 Å². The van der Waals surface area contributed by atoms with E-state index in [4.69, 9.17) is 11.6 Å². The second-order valence-electron chi connectivity index (χ2n) is 8.13. The average Bonchev–Trinajstić information content (AvgIpc) is 2.84. The van der Waals surface area contributed by atoms with Crippen molar-refractivity contribution in [3.63, 3.8) is 0 Å². The Hall–Kier alpha value is -3.11. The van der Waals surface area contributed by atoms with Gasteiger partial charge in [0.05, 0.1) is 0 Å². The molecule has 4 nitrogen and oxygen atoms in total. The van der Waals surface area contributed by atoms with E-state index in [2.05, 4.69) is 5.32 Å². The third-order valence-corrected chi connectivity index (χ3v) is 5.81. The van der Waals surface area contributed by atoms with Gasteiger partial charge in [0, 0.05) is 31.0 Å². The monoisotopic (exact) mass is 462 g/mol. The maximum Gasteiger partial charge on any atom is 0.243 e. The quantitative estimate of drug-likeness (QED) is 0.412. The second-order valence-corrected chi connectivity index (χ2v) is 8.57. The number of hydrogen-bond donors (Lipinski definition) is 1. The molecule has 0 aliphatic heterocycles. The van der Waals surface area contributed by atoms with Gasteiger partial charge in [0.15, 0.2) is 0 Å². The molecular formula is C28H31ClN2O2. The Morgan fingerprint density at radius 1 is 0.848 bits per heavy atom. The molecule has 0 fully saturated rings. The van der Waals surface area contributed by atoms with Crippen LogP contribution >= 0.6 is 11.6 Å². The highest BCUT2D eigenvalue weighted by atomic mass is 35.5. The second kappa shape index (κ2) is 12.8.